The summed E-state index contributed by atoms with van der Waals surface area (Å²) in [6.45, 7) is 2.34. The van der Waals surface area contributed by atoms with Crippen molar-refractivity contribution in [2.75, 3.05) is 12.9 Å². The molecule has 0 heterocycles. The summed E-state index contributed by atoms with van der Waals surface area (Å²) in [6, 6.07) is 15.0. The Balaban J connectivity index is 1.71. The summed E-state index contributed by atoms with van der Waals surface area (Å²) in [5, 5.41) is 3.88. The highest BCUT2D eigenvalue weighted by atomic mass is 35.5. The molecule has 0 aromatic heterocycles. The summed E-state index contributed by atoms with van der Waals surface area (Å²) in [5.41, 5.74) is 0.945. The minimum absolute atomic E-state index is 0.0206. The largest absolute Gasteiger partial charge is 0.497 e. The van der Waals surface area contributed by atoms with Crippen LogP contribution in [0.25, 0.3) is 0 Å². The number of thioether (sulfide) groups is 1. The van der Waals surface area contributed by atoms with Crippen LogP contribution in [0.1, 0.15) is 51.0 Å². The molecule has 1 atom stereocenters. The second-order valence-electron chi connectivity index (χ2n) is 8.34. The molecule has 0 radical (unpaired) electrons. The van der Waals surface area contributed by atoms with E-state index >= 15 is 0 Å². The maximum atomic E-state index is 13.4. The van der Waals surface area contributed by atoms with Crippen LogP contribution in [0.4, 0.5) is 0 Å². The number of nitrogens with zero attached hydrogens (tertiary/aromatic N) is 1. The molecule has 1 aliphatic carbocycles. The van der Waals surface area contributed by atoms with Crippen molar-refractivity contribution >= 4 is 35.2 Å². The van der Waals surface area contributed by atoms with Gasteiger partial charge in [-0.1, -0.05) is 43.5 Å². The molecule has 1 N–H and O–H groups in total. The van der Waals surface area contributed by atoms with Crippen molar-refractivity contribution in [1.29, 1.82) is 0 Å². The average Bonchev–Trinajstić information content (AvgIpc) is 3.33. The first-order valence-electron chi connectivity index (χ1n) is 11.6. The van der Waals surface area contributed by atoms with Gasteiger partial charge in [-0.05, 0) is 61.2 Å². The topological polar surface area (TPSA) is 58.6 Å². The number of rotatable bonds is 11. The van der Waals surface area contributed by atoms with Crippen molar-refractivity contribution in [1.82, 2.24) is 10.2 Å². The highest BCUT2D eigenvalue weighted by Gasteiger charge is 2.30. The van der Waals surface area contributed by atoms with Gasteiger partial charge < -0.3 is 15.0 Å². The van der Waals surface area contributed by atoms with Crippen LogP contribution in [-0.4, -0.2) is 41.7 Å². The van der Waals surface area contributed by atoms with Crippen LogP contribution in [-0.2, 0) is 16.1 Å². The molecule has 0 saturated heterocycles. The predicted molar refractivity (Wildman–Crippen MR) is 135 cm³/mol. The molecule has 2 aromatic rings. The summed E-state index contributed by atoms with van der Waals surface area (Å²) in [6.07, 6.45) is 5.25. The van der Waals surface area contributed by atoms with Gasteiger partial charge >= 0.3 is 0 Å². The van der Waals surface area contributed by atoms with E-state index in [2.05, 4.69) is 5.32 Å². The van der Waals surface area contributed by atoms with E-state index in [1.165, 1.54) is 0 Å². The van der Waals surface area contributed by atoms with Crippen LogP contribution in [0.2, 0.25) is 5.02 Å². The Morgan fingerprint density at radius 2 is 1.91 bits per heavy atom. The van der Waals surface area contributed by atoms with Gasteiger partial charge in [0.25, 0.3) is 0 Å². The fourth-order valence-corrected chi connectivity index (χ4v) is 5.15. The second-order valence-corrected chi connectivity index (χ2v) is 9.94. The van der Waals surface area contributed by atoms with Crippen molar-refractivity contribution in [3.05, 3.63) is 59.1 Å². The number of amides is 2. The van der Waals surface area contributed by atoms with Gasteiger partial charge in [-0.2, -0.15) is 0 Å². The summed E-state index contributed by atoms with van der Waals surface area (Å²) in [5.74, 6) is 1.30. The van der Waals surface area contributed by atoms with Crippen LogP contribution in [0.5, 0.6) is 5.75 Å². The highest BCUT2D eigenvalue weighted by molar-refractivity contribution is 7.99. The van der Waals surface area contributed by atoms with Gasteiger partial charge in [0.15, 0.2) is 0 Å². The Morgan fingerprint density at radius 3 is 2.58 bits per heavy atom. The minimum Gasteiger partial charge on any atom is -0.497 e. The van der Waals surface area contributed by atoms with Crippen LogP contribution < -0.4 is 10.1 Å². The van der Waals surface area contributed by atoms with E-state index in [1.807, 2.05) is 55.5 Å². The van der Waals surface area contributed by atoms with Crippen molar-refractivity contribution < 1.29 is 14.3 Å². The lowest BCUT2D eigenvalue weighted by Gasteiger charge is -2.31. The number of benzene rings is 2. The maximum absolute atomic E-state index is 13.4. The summed E-state index contributed by atoms with van der Waals surface area (Å²) < 4.78 is 5.35. The van der Waals surface area contributed by atoms with Gasteiger partial charge in [0.05, 0.1) is 7.11 Å². The smallest absolute Gasteiger partial charge is 0.243 e. The number of carbonyl (C=O) groups excluding carboxylic acids is 2. The van der Waals surface area contributed by atoms with E-state index in [-0.39, 0.29) is 17.9 Å². The summed E-state index contributed by atoms with van der Waals surface area (Å²) in [7, 11) is 1.62. The quantitative estimate of drug-likeness (QED) is 0.412. The second kappa shape index (κ2) is 12.9. The van der Waals surface area contributed by atoms with Gasteiger partial charge in [0.1, 0.15) is 11.8 Å². The maximum Gasteiger partial charge on any atom is 0.243 e. The first kappa shape index (κ1) is 25.4. The molecule has 1 aliphatic rings. The van der Waals surface area contributed by atoms with Crippen LogP contribution >= 0.6 is 23.4 Å². The molecule has 2 amide bonds. The molecule has 3 rings (SSSR count). The normalized spacial score (nSPS) is 14.6. The monoisotopic (exact) mass is 488 g/mol. The highest BCUT2D eigenvalue weighted by Crippen LogP contribution is 2.24. The van der Waals surface area contributed by atoms with Crippen molar-refractivity contribution in [2.45, 2.75) is 69.0 Å². The molecule has 178 valence electrons. The third kappa shape index (κ3) is 7.68. The molecule has 1 saturated carbocycles. The Kier molecular flexibility index (Phi) is 9.95. The number of ether oxygens (including phenoxy) is 1. The van der Waals surface area contributed by atoms with Crippen LogP contribution in [0.3, 0.4) is 0 Å². The number of carbonyl (C=O) groups is 2. The van der Waals surface area contributed by atoms with Crippen molar-refractivity contribution in [3.63, 3.8) is 0 Å². The number of methoxy groups -OCH3 is 1. The molecule has 1 fully saturated rings. The average molecular weight is 489 g/mol. The Hall–Kier alpha value is -2.18. The minimum atomic E-state index is -0.496. The van der Waals surface area contributed by atoms with Crippen LogP contribution in [0, 0.1) is 0 Å². The fourth-order valence-electron chi connectivity index (χ4n) is 4.19. The number of halogens is 1. The molecule has 0 spiro atoms. The zero-order chi connectivity index (χ0) is 23.6. The van der Waals surface area contributed by atoms with Crippen molar-refractivity contribution in [3.8, 4) is 5.75 Å². The Morgan fingerprint density at radius 1 is 1.18 bits per heavy atom. The lowest BCUT2D eigenvalue weighted by Crippen LogP contribution is -2.51. The lowest BCUT2D eigenvalue weighted by molar-refractivity contribution is -0.141. The van der Waals surface area contributed by atoms with E-state index in [1.54, 1.807) is 23.8 Å². The molecule has 0 aliphatic heterocycles. The van der Waals surface area contributed by atoms with Gasteiger partial charge in [-0.25, -0.2) is 0 Å². The standard InChI is InChI=1S/C26H33ClN2O3S/c1-3-24(26(31)28-21-8-4-5-9-21)29(18-19-7-6-10-22(17-19)32-2)25(30)15-16-33-23-13-11-20(27)12-14-23/h6-7,10-14,17,21,24H,3-5,8-9,15-16,18H2,1-2H3,(H,28,31). The van der Waals surface area contributed by atoms with Gasteiger partial charge in [0, 0.05) is 34.7 Å². The fraction of sp³-hybridized carbons (Fsp3) is 0.462. The van der Waals surface area contributed by atoms with E-state index in [9.17, 15) is 9.59 Å². The number of nitrogens with one attached hydrogen (secondary N) is 1. The molecular formula is C26H33ClN2O3S. The SMILES string of the molecule is CCC(C(=O)NC1CCCC1)N(Cc1cccc(OC)c1)C(=O)CCSc1ccc(Cl)cc1. The zero-order valence-corrected chi connectivity index (χ0v) is 21.0. The molecule has 33 heavy (non-hydrogen) atoms. The molecule has 2 aromatic carbocycles. The third-order valence-electron chi connectivity index (χ3n) is 5.97. The van der Waals surface area contributed by atoms with Gasteiger partial charge in [-0.15, -0.1) is 11.8 Å². The molecule has 7 heteroatoms. The molecule has 5 nitrogen and oxygen atoms in total. The first-order chi connectivity index (χ1) is 16.0. The Bertz CT molecular complexity index is 916. The number of hydrogen-bond donors (Lipinski definition) is 1. The lowest BCUT2D eigenvalue weighted by atomic mass is 10.1. The van der Waals surface area contributed by atoms with E-state index in [0.717, 1.165) is 41.9 Å². The van der Waals surface area contributed by atoms with Gasteiger partial charge in [0.2, 0.25) is 11.8 Å². The summed E-state index contributed by atoms with van der Waals surface area (Å²) >= 11 is 7.58. The molecule has 1 unspecified atom stereocenters. The summed E-state index contributed by atoms with van der Waals surface area (Å²) in [4.78, 5) is 29.3. The van der Waals surface area contributed by atoms with Crippen molar-refractivity contribution in [2.24, 2.45) is 0 Å². The predicted octanol–water partition coefficient (Wildman–Crippen LogP) is 5.70. The van der Waals surface area contributed by atoms with Gasteiger partial charge in [-0.3, -0.25) is 9.59 Å². The van der Waals surface area contributed by atoms with E-state index in [0.29, 0.717) is 30.2 Å². The van der Waals surface area contributed by atoms with E-state index in [4.69, 9.17) is 16.3 Å². The number of hydrogen-bond acceptors (Lipinski definition) is 4. The van der Waals surface area contributed by atoms with E-state index < -0.39 is 6.04 Å². The van der Waals surface area contributed by atoms with Crippen LogP contribution in [0.15, 0.2) is 53.4 Å². The molecule has 0 bridgehead atoms. The first-order valence-corrected chi connectivity index (χ1v) is 13.0. The molecular weight excluding hydrogens is 456 g/mol. The third-order valence-corrected chi connectivity index (χ3v) is 7.24. The Labute approximate surface area is 206 Å². The zero-order valence-electron chi connectivity index (χ0n) is 19.4.